The van der Waals surface area contributed by atoms with Crippen LogP contribution in [0.2, 0.25) is 0 Å². The molecule has 0 radical (unpaired) electrons. The van der Waals surface area contributed by atoms with Gasteiger partial charge in [-0.15, -0.1) is 0 Å². The van der Waals surface area contributed by atoms with Crippen molar-refractivity contribution < 1.29 is 27.5 Å². The van der Waals surface area contributed by atoms with E-state index >= 15 is 0 Å². The minimum atomic E-state index is -4.42. The predicted octanol–water partition coefficient (Wildman–Crippen LogP) is 4.83. The molecule has 2 aromatic rings. The van der Waals surface area contributed by atoms with E-state index in [-0.39, 0.29) is 0 Å². The van der Waals surface area contributed by atoms with E-state index in [1.54, 1.807) is 19.1 Å². The Morgan fingerprint density at radius 3 is 2.30 bits per heavy atom. The molecule has 2 amide bonds. The second-order valence-corrected chi connectivity index (χ2v) is 6.12. The van der Waals surface area contributed by atoms with Gasteiger partial charge in [0, 0.05) is 6.08 Å². The molecule has 1 aliphatic heterocycles. The van der Waals surface area contributed by atoms with Crippen LogP contribution in [0.3, 0.4) is 0 Å². The third kappa shape index (κ3) is 4.02. The van der Waals surface area contributed by atoms with Crippen LogP contribution in [0.1, 0.15) is 29.7 Å². The van der Waals surface area contributed by atoms with E-state index in [4.69, 9.17) is 4.74 Å². The molecule has 3 rings (SSSR count). The number of carbonyl (C=O) groups is 2. The number of amides is 2. The van der Waals surface area contributed by atoms with Crippen LogP contribution in [0.25, 0.3) is 6.08 Å². The van der Waals surface area contributed by atoms with Gasteiger partial charge in [0.25, 0.3) is 5.91 Å². The van der Waals surface area contributed by atoms with Gasteiger partial charge < -0.3 is 4.74 Å². The first-order valence-corrected chi connectivity index (χ1v) is 8.21. The Labute approximate surface area is 153 Å². The maximum absolute atomic E-state index is 12.6. The number of carbonyl (C=O) groups excluding carboxylic acids is 2. The van der Waals surface area contributed by atoms with Crippen molar-refractivity contribution >= 4 is 18.1 Å². The molecule has 4 nitrogen and oxygen atoms in total. The van der Waals surface area contributed by atoms with Gasteiger partial charge in [-0.05, 0) is 36.3 Å². The number of rotatable bonds is 3. The highest BCUT2D eigenvalue weighted by atomic mass is 19.4. The van der Waals surface area contributed by atoms with Crippen LogP contribution in [-0.4, -0.2) is 22.9 Å². The molecule has 0 bridgehead atoms. The number of cyclic esters (lactones) is 1. The molecule has 0 N–H and O–H groups in total. The van der Waals surface area contributed by atoms with Gasteiger partial charge in [0.1, 0.15) is 6.10 Å². The zero-order chi connectivity index (χ0) is 19.6. The first-order chi connectivity index (χ1) is 12.8. The molecule has 1 fully saturated rings. The summed E-state index contributed by atoms with van der Waals surface area (Å²) in [6.07, 6.45) is -3.23. The van der Waals surface area contributed by atoms with Gasteiger partial charge >= 0.3 is 12.3 Å². The maximum Gasteiger partial charge on any atom is 0.417 e. The molecule has 0 aliphatic carbocycles. The van der Waals surface area contributed by atoms with Crippen molar-refractivity contribution in [3.8, 4) is 0 Å². The van der Waals surface area contributed by atoms with Crippen LogP contribution in [0.4, 0.5) is 18.0 Å². The Bertz CT molecular complexity index is 860. The average molecular weight is 375 g/mol. The number of alkyl halides is 3. The largest absolute Gasteiger partial charge is 0.439 e. The quantitative estimate of drug-likeness (QED) is 0.722. The molecule has 7 heteroatoms. The summed E-state index contributed by atoms with van der Waals surface area (Å²) < 4.78 is 43.0. The molecule has 0 spiro atoms. The summed E-state index contributed by atoms with van der Waals surface area (Å²) in [4.78, 5) is 25.5. The van der Waals surface area contributed by atoms with Gasteiger partial charge in [-0.1, -0.05) is 42.5 Å². The number of hydrogen-bond donors (Lipinski definition) is 0. The standard InChI is InChI=1S/C20H16F3NO3/c1-13-18(15-5-3-2-4-6-15)27-19(26)24(13)17(25)12-9-14-7-10-16(11-8-14)20(21,22)23/h2-13,18H,1H3/b12-9+/t13?,18-/m1/s1. The van der Waals surface area contributed by atoms with E-state index in [1.807, 2.05) is 18.2 Å². The first kappa shape index (κ1) is 18.7. The van der Waals surface area contributed by atoms with Gasteiger partial charge in [-0.25, -0.2) is 9.69 Å². The van der Waals surface area contributed by atoms with Crippen molar-refractivity contribution in [2.75, 3.05) is 0 Å². The molecule has 140 valence electrons. The number of halogens is 3. The number of benzene rings is 2. The predicted molar refractivity (Wildman–Crippen MR) is 92.5 cm³/mol. The van der Waals surface area contributed by atoms with Crippen molar-refractivity contribution in [3.05, 3.63) is 77.4 Å². The summed E-state index contributed by atoms with van der Waals surface area (Å²) in [5.41, 5.74) is 0.421. The second-order valence-electron chi connectivity index (χ2n) is 6.12. The smallest absolute Gasteiger partial charge is 0.417 e. The van der Waals surface area contributed by atoms with Crippen LogP contribution in [0.5, 0.6) is 0 Å². The minimum Gasteiger partial charge on any atom is -0.439 e. The van der Waals surface area contributed by atoms with E-state index in [0.717, 1.165) is 28.7 Å². The lowest BCUT2D eigenvalue weighted by Gasteiger charge is -2.18. The Balaban J connectivity index is 1.72. The van der Waals surface area contributed by atoms with Gasteiger partial charge in [0.2, 0.25) is 0 Å². The third-order valence-corrected chi connectivity index (χ3v) is 4.29. The highest BCUT2D eigenvalue weighted by molar-refractivity contribution is 6.02. The van der Waals surface area contributed by atoms with E-state index in [2.05, 4.69) is 0 Å². The molecule has 1 unspecified atom stereocenters. The Morgan fingerprint density at radius 1 is 1.07 bits per heavy atom. The van der Waals surface area contributed by atoms with E-state index in [0.29, 0.717) is 5.56 Å². The molecule has 1 heterocycles. The van der Waals surface area contributed by atoms with Gasteiger partial charge in [0.15, 0.2) is 0 Å². The molecule has 0 aromatic heterocycles. The molecule has 0 saturated carbocycles. The number of ether oxygens (including phenoxy) is 1. The second kappa shape index (κ2) is 7.26. The third-order valence-electron chi connectivity index (χ3n) is 4.29. The number of imide groups is 1. The van der Waals surface area contributed by atoms with Crippen molar-refractivity contribution in [2.45, 2.75) is 25.2 Å². The normalized spacial score (nSPS) is 20.1. The molecular weight excluding hydrogens is 359 g/mol. The summed E-state index contributed by atoms with van der Waals surface area (Å²) in [5, 5.41) is 0. The Morgan fingerprint density at radius 2 is 1.70 bits per heavy atom. The number of nitrogens with zero attached hydrogens (tertiary/aromatic N) is 1. The van der Waals surface area contributed by atoms with E-state index in [9.17, 15) is 22.8 Å². The zero-order valence-corrected chi connectivity index (χ0v) is 14.3. The molecule has 1 saturated heterocycles. The Kier molecular flexibility index (Phi) is 5.03. The van der Waals surface area contributed by atoms with Gasteiger partial charge in [-0.2, -0.15) is 13.2 Å². The lowest BCUT2D eigenvalue weighted by atomic mass is 10.0. The SMILES string of the molecule is CC1[C@H](c2ccccc2)OC(=O)N1C(=O)/C=C/c1ccc(C(F)(F)F)cc1. The highest BCUT2D eigenvalue weighted by Gasteiger charge is 2.42. The van der Waals surface area contributed by atoms with Crippen molar-refractivity contribution in [2.24, 2.45) is 0 Å². The summed E-state index contributed by atoms with van der Waals surface area (Å²) >= 11 is 0. The summed E-state index contributed by atoms with van der Waals surface area (Å²) in [5.74, 6) is -0.592. The Hall–Kier alpha value is -3.09. The fourth-order valence-corrected chi connectivity index (χ4v) is 2.88. The molecular formula is C20H16F3NO3. The van der Waals surface area contributed by atoms with Crippen LogP contribution in [0.15, 0.2) is 60.7 Å². The maximum atomic E-state index is 12.6. The average Bonchev–Trinajstić information content (AvgIpc) is 2.94. The zero-order valence-electron chi connectivity index (χ0n) is 14.3. The summed E-state index contributed by atoms with van der Waals surface area (Å²) in [6.45, 7) is 1.70. The monoisotopic (exact) mass is 375 g/mol. The summed E-state index contributed by atoms with van der Waals surface area (Å²) in [7, 11) is 0. The lowest BCUT2D eigenvalue weighted by molar-refractivity contribution is -0.137. The van der Waals surface area contributed by atoms with E-state index < -0.39 is 35.9 Å². The summed E-state index contributed by atoms with van der Waals surface area (Å²) in [6, 6.07) is 12.9. The molecule has 1 aliphatic rings. The van der Waals surface area contributed by atoms with Crippen LogP contribution >= 0.6 is 0 Å². The van der Waals surface area contributed by atoms with Crippen LogP contribution in [0, 0.1) is 0 Å². The molecule has 2 aromatic carbocycles. The topological polar surface area (TPSA) is 46.6 Å². The number of hydrogen-bond acceptors (Lipinski definition) is 3. The fraction of sp³-hybridized carbons (Fsp3) is 0.200. The van der Waals surface area contributed by atoms with Crippen molar-refractivity contribution in [1.29, 1.82) is 0 Å². The first-order valence-electron chi connectivity index (χ1n) is 8.21. The molecule has 2 atom stereocenters. The fourth-order valence-electron chi connectivity index (χ4n) is 2.88. The minimum absolute atomic E-state index is 0.413. The van der Waals surface area contributed by atoms with Gasteiger partial charge in [0.05, 0.1) is 11.6 Å². The van der Waals surface area contributed by atoms with Crippen molar-refractivity contribution in [1.82, 2.24) is 4.90 Å². The molecule has 27 heavy (non-hydrogen) atoms. The highest BCUT2D eigenvalue weighted by Crippen LogP contribution is 2.32. The lowest BCUT2D eigenvalue weighted by Crippen LogP contribution is -2.36. The van der Waals surface area contributed by atoms with E-state index in [1.165, 1.54) is 18.2 Å². The van der Waals surface area contributed by atoms with Crippen molar-refractivity contribution in [3.63, 3.8) is 0 Å². The van der Waals surface area contributed by atoms with Crippen LogP contribution < -0.4 is 0 Å². The van der Waals surface area contributed by atoms with Gasteiger partial charge in [-0.3, -0.25) is 4.79 Å². The van der Waals surface area contributed by atoms with Crippen LogP contribution in [-0.2, 0) is 15.7 Å².